The second-order valence-corrected chi connectivity index (χ2v) is 7.00. The van der Waals surface area contributed by atoms with E-state index in [0.29, 0.717) is 5.75 Å². The molecule has 25 heavy (non-hydrogen) atoms. The fourth-order valence-corrected chi connectivity index (χ4v) is 3.92. The van der Waals surface area contributed by atoms with E-state index in [1.54, 1.807) is 10.9 Å². The standard InChI is InChI=1S/C18H19N5OS/c24-16(22-9-5-2-6-10-22)12-25-18-15-11-21-23(17(15)19-13-20-18)14-7-3-1-4-8-14/h1,3-4,7-8,11,13H,2,5-6,9-10,12H2. The van der Waals surface area contributed by atoms with Crippen LogP contribution in [0.1, 0.15) is 19.3 Å². The molecule has 2 aromatic heterocycles. The predicted molar refractivity (Wildman–Crippen MR) is 97.8 cm³/mol. The lowest BCUT2D eigenvalue weighted by Gasteiger charge is -2.26. The Morgan fingerprint density at radius 3 is 2.68 bits per heavy atom. The molecule has 3 heterocycles. The van der Waals surface area contributed by atoms with Gasteiger partial charge in [-0.05, 0) is 31.4 Å². The Morgan fingerprint density at radius 2 is 1.88 bits per heavy atom. The lowest BCUT2D eigenvalue weighted by Crippen LogP contribution is -2.36. The molecule has 0 saturated carbocycles. The molecule has 7 heteroatoms. The van der Waals surface area contributed by atoms with E-state index in [9.17, 15) is 4.79 Å². The molecule has 1 amide bonds. The van der Waals surface area contributed by atoms with Crippen molar-refractivity contribution in [3.8, 4) is 5.69 Å². The van der Waals surface area contributed by atoms with Crippen molar-refractivity contribution in [2.45, 2.75) is 24.3 Å². The largest absolute Gasteiger partial charge is 0.342 e. The van der Waals surface area contributed by atoms with Crippen LogP contribution in [0.25, 0.3) is 16.7 Å². The summed E-state index contributed by atoms with van der Waals surface area (Å²) in [5.41, 5.74) is 1.71. The molecule has 3 aromatic rings. The first kappa shape index (κ1) is 16.1. The smallest absolute Gasteiger partial charge is 0.232 e. The van der Waals surface area contributed by atoms with E-state index in [2.05, 4.69) is 15.1 Å². The molecule has 0 spiro atoms. The zero-order valence-corrected chi connectivity index (χ0v) is 14.7. The monoisotopic (exact) mass is 353 g/mol. The SMILES string of the molecule is O=C(CSc1ncnc2c1cnn2-c1ccccc1)N1CCCCC1. The molecule has 1 aromatic carbocycles. The Hall–Kier alpha value is -2.41. The Balaban J connectivity index is 1.54. The molecule has 0 bridgehead atoms. The summed E-state index contributed by atoms with van der Waals surface area (Å²) in [7, 11) is 0. The fraction of sp³-hybridized carbons (Fsp3) is 0.333. The summed E-state index contributed by atoms with van der Waals surface area (Å²) in [6, 6.07) is 9.88. The highest BCUT2D eigenvalue weighted by Gasteiger charge is 2.18. The number of carbonyl (C=O) groups excluding carboxylic acids is 1. The number of rotatable bonds is 4. The highest BCUT2D eigenvalue weighted by molar-refractivity contribution is 8.00. The summed E-state index contributed by atoms with van der Waals surface area (Å²) in [6.45, 7) is 1.76. The number of amides is 1. The number of piperidine rings is 1. The molecule has 0 aliphatic carbocycles. The molecular formula is C18H19N5OS. The van der Waals surface area contributed by atoms with Gasteiger partial charge in [-0.2, -0.15) is 5.10 Å². The van der Waals surface area contributed by atoms with Gasteiger partial charge < -0.3 is 4.90 Å². The number of fused-ring (bicyclic) bond motifs is 1. The summed E-state index contributed by atoms with van der Waals surface area (Å²) in [5, 5.41) is 6.13. The average Bonchev–Trinajstić information content (AvgIpc) is 3.12. The van der Waals surface area contributed by atoms with Gasteiger partial charge in [-0.1, -0.05) is 30.0 Å². The van der Waals surface area contributed by atoms with Crippen LogP contribution in [0.2, 0.25) is 0 Å². The molecule has 1 saturated heterocycles. The van der Waals surface area contributed by atoms with E-state index in [1.165, 1.54) is 24.5 Å². The predicted octanol–water partition coefficient (Wildman–Crippen LogP) is 2.92. The van der Waals surface area contributed by atoms with Crippen molar-refractivity contribution in [1.82, 2.24) is 24.6 Å². The third-order valence-corrected chi connectivity index (χ3v) is 5.36. The fourth-order valence-electron chi connectivity index (χ4n) is 3.06. The van der Waals surface area contributed by atoms with Gasteiger partial charge in [0.25, 0.3) is 0 Å². The number of aromatic nitrogens is 4. The number of hydrogen-bond donors (Lipinski definition) is 0. The van der Waals surface area contributed by atoms with Crippen molar-refractivity contribution in [2.24, 2.45) is 0 Å². The third kappa shape index (κ3) is 3.37. The van der Waals surface area contributed by atoms with Crippen LogP contribution >= 0.6 is 11.8 Å². The second-order valence-electron chi connectivity index (χ2n) is 6.04. The summed E-state index contributed by atoms with van der Waals surface area (Å²) < 4.78 is 1.80. The lowest BCUT2D eigenvalue weighted by atomic mass is 10.1. The zero-order chi connectivity index (χ0) is 17.1. The maximum Gasteiger partial charge on any atom is 0.232 e. The van der Waals surface area contributed by atoms with Crippen LogP contribution in [0.5, 0.6) is 0 Å². The zero-order valence-electron chi connectivity index (χ0n) is 13.8. The van der Waals surface area contributed by atoms with Crippen molar-refractivity contribution in [1.29, 1.82) is 0 Å². The first-order valence-corrected chi connectivity index (χ1v) is 9.46. The van der Waals surface area contributed by atoms with Crippen molar-refractivity contribution < 1.29 is 4.79 Å². The number of para-hydroxylation sites is 1. The molecule has 0 radical (unpaired) electrons. The minimum Gasteiger partial charge on any atom is -0.342 e. The van der Waals surface area contributed by atoms with Crippen molar-refractivity contribution in [3.63, 3.8) is 0 Å². The topological polar surface area (TPSA) is 63.9 Å². The van der Waals surface area contributed by atoms with Crippen LogP contribution in [-0.2, 0) is 4.79 Å². The Bertz CT molecular complexity index is 874. The normalized spacial score (nSPS) is 14.8. The molecule has 0 N–H and O–H groups in total. The Kier molecular flexibility index (Phi) is 4.65. The van der Waals surface area contributed by atoms with Gasteiger partial charge in [-0.25, -0.2) is 14.6 Å². The number of benzene rings is 1. The quantitative estimate of drug-likeness (QED) is 0.533. The highest BCUT2D eigenvalue weighted by atomic mass is 32.2. The van der Waals surface area contributed by atoms with E-state index in [0.717, 1.165) is 47.7 Å². The maximum atomic E-state index is 12.4. The number of thioether (sulfide) groups is 1. The van der Waals surface area contributed by atoms with Crippen LogP contribution < -0.4 is 0 Å². The molecule has 1 aliphatic rings. The molecule has 0 unspecified atom stereocenters. The molecule has 0 atom stereocenters. The minimum atomic E-state index is 0.187. The number of hydrogen-bond acceptors (Lipinski definition) is 5. The van der Waals surface area contributed by atoms with Gasteiger partial charge in [0, 0.05) is 13.1 Å². The summed E-state index contributed by atoms with van der Waals surface area (Å²) >= 11 is 1.46. The van der Waals surface area contributed by atoms with Crippen LogP contribution in [-0.4, -0.2) is 49.4 Å². The molecule has 1 aliphatic heterocycles. The Labute approximate surface area is 150 Å². The molecule has 128 valence electrons. The van der Waals surface area contributed by atoms with Crippen LogP contribution in [0.4, 0.5) is 0 Å². The van der Waals surface area contributed by atoms with Crippen molar-refractivity contribution >= 4 is 28.7 Å². The van der Waals surface area contributed by atoms with E-state index >= 15 is 0 Å². The summed E-state index contributed by atoms with van der Waals surface area (Å²) in [6.07, 6.45) is 6.76. The van der Waals surface area contributed by atoms with Gasteiger partial charge in [0.2, 0.25) is 5.91 Å². The Morgan fingerprint density at radius 1 is 1.08 bits per heavy atom. The maximum absolute atomic E-state index is 12.4. The van der Waals surface area contributed by atoms with Gasteiger partial charge in [0.1, 0.15) is 11.4 Å². The first-order chi connectivity index (χ1) is 12.3. The number of likely N-dealkylation sites (tertiary alicyclic amines) is 1. The lowest BCUT2D eigenvalue weighted by molar-refractivity contribution is -0.129. The highest BCUT2D eigenvalue weighted by Crippen LogP contribution is 2.26. The molecular weight excluding hydrogens is 334 g/mol. The van der Waals surface area contributed by atoms with Crippen molar-refractivity contribution in [3.05, 3.63) is 42.9 Å². The van der Waals surface area contributed by atoms with E-state index in [-0.39, 0.29) is 5.91 Å². The summed E-state index contributed by atoms with van der Waals surface area (Å²) in [5.74, 6) is 0.592. The van der Waals surface area contributed by atoms with Gasteiger partial charge in [0.05, 0.1) is 23.0 Å². The number of carbonyl (C=O) groups is 1. The minimum absolute atomic E-state index is 0.187. The van der Waals surface area contributed by atoms with E-state index in [4.69, 9.17) is 0 Å². The molecule has 1 fully saturated rings. The van der Waals surface area contributed by atoms with E-state index in [1.807, 2.05) is 35.2 Å². The second kappa shape index (κ2) is 7.23. The summed E-state index contributed by atoms with van der Waals surface area (Å²) in [4.78, 5) is 23.1. The van der Waals surface area contributed by atoms with Gasteiger partial charge in [0.15, 0.2) is 5.65 Å². The molecule has 4 rings (SSSR count). The van der Waals surface area contributed by atoms with Gasteiger partial charge in [-0.3, -0.25) is 4.79 Å². The third-order valence-electron chi connectivity index (χ3n) is 4.37. The average molecular weight is 353 g/mol. The molecule has 6 nitrogen and oxygen atoms in total. The van der Waals surface area contributed by atoms with Crippen LogP contribution in [0.3, 0.4) is 0 Å². The number of nitrogens with zero attached hydrogens (tertiary/aromatic N) is 5. The van der Waals surface area contributed by atoms with Crippen molar-refractivity contribution in [2.75, 3.05) is 18.8 Å². The van der Waals surface area contributed by atoms with Crippen LogP contribution in [0.15, 0.2) is 47.9 Å². The van der Waals surface area contributed by atoms with Gasteiger partial charge >= 0.3 is 0 Å². The van der Waals surface area contributed by atoms with E-state index < -0.39 is 0 Å². The van der Waals surface area contributed by atoms with Crippen LogP contribution in [0, 0.1) is 0 Å². The first-order valence-electron chi connectivity index (χ1n) is 8.47. The van der Waals surface area contributed by atoms with Gasteiger partial charge in [-0.15, -0.1) is 0 Å².